The van der Waals surface area contributed by atoms with E-state index in [9.17, 15) is 14.8 Å². The van der Waals surface area contributed by atoms with Crippen LogP contribution in [0.3, 0.4) is 0 Å². The van der Waals surface area contributed by atoms with E-state index in [4.69, 9.17) is 4.99 Å². The van der Waals surface area contributed by atoms with Crippen LogP contribution >= 0.6 is 0 Å². The number of hydrogen-bond donors (Lipinski definition) is 1. The Hall–Kier alpha value is -4.13. The second-order valence-electron chi connectivity index (χ2n) is 6.38. The van der Waals surface area contributed by atoms with Gasteiger partial charge in [-0.1, -0.05) is 30.3 Å². The molecule has 0 aliphatic rings. The van der Waals surface area contributed by atoms with Crippen LogP contribution in [0.4, 0.5) is 11.4 Å². The maximum Gasteiger partial charge on any atom is 0.230 e. The lowest BCUT2D eigenvalue weighted by molar-refractivity contribution is 0.0933. The first-order chi connectivity index (χ1) is 14.1. The summed E-state index contributed by atoms with van der Waals surface area (Å²) in [6, 6.07) is 17.6. The zero-order valence-electron chi connectivity index (χ0n) is 15.5. The average Bonchev–Trinajstić information content (AvgIpc) is 3.04. The van der Waals surface area contributed by atoms with E-state index in [2.05, 4.69) is 10.2 Å². The van der Waals surface area contributed by atoms with Crippen molar-refractivity contribution in [1.82, 2.24) is 9.55 Å². The molecule has 0 atom stereocenters. The van der Waals surface area contributed by atoms with E-state index in [0.717, 1.165) is 10.1 Å². The molecule has 0 saturated carbocycles. The summed E-state index contributed by atoms with van der Waals surface area (Å²) in [6.45, 7) is 1.34. The second kappa shape index (κ2) is 7.47. The van der Waals surface area contributed by atoms with Gasteiger partial charge in [0.2, 0.25) is 11.8 Å². The molecule has 0 bridgehead atoms. The molecule has 0 unspecified atom stereocenters. The maximum absolute atomic E-state index is 12.3. The van der Waals surface area contributed by atoms with Gasteiger partial charge in [-0.3, -0.25) is 14.3 Å². The number of carbonyl (C=O) groups is 1. The number of nitroso groups, excluding NO2 is 1. The molecular weight excluding hydrogens is 368 g/mol. The van der Waals surface area contributed by atoms with Crippen molar-refractivity contribution >= 4 is 33.9 Å². The number of hydrogen-bond acceptors (Lipinski definition) is 6. The number of pyridine rings is 1. The van der Waals surface area contributed by atoms with Gasteiger partial charge in [0.25, 0.3) is 0 Å². The van der Waals surface area contributed by atoms with Crippen LogP contribution in [0.1, 0.15) is 22.8 Å². The minimum Gasteiger partial charge on any atom is -0.494 e. The van der Waals surface area contributed by atoms with Gasteiger partial charge < -0.3 is 5.11 Å². The summed E-state index contributed by atoms with van der Waals surface area (Å²) in [5.41, 5.74) is 2.77. The Labute approximate surface area is 166 Å². The van der Waals surface area contributed by atoms with E-state index < -0.39 is 5.91 Å². The molecule has 0 aliphatic carbocycles. The maximum atomic E-state index is 12.3. The van der Waals surface area contributed by atoms with E-state index in [-0.39, 0.29) is 11.6 Å². The van der Waals surface area contributed by atoms with Gasteiger partial charge >= 0.3 is 0 Å². The highest BCUT2D eigenvalue weighted by Crippen LogP contribution is 2.36. The lowest BCUT2D eigenvalue weighted by atomic mass is 10.0. The predicted octanol–water partition coefficient (Wildman–Crippen LogP) is 4.97. The van der Waals surface area contributed by atoms with Crippen LogP contribution in [0.2, 0.25) is 0 Å². The van der Waals surface area contributed by atoms with Gasteiger partial charge in [0, 0.05) is 24.1 Å². The minimum atomic E-state index is -0.393. The van der Waals surface area contributed by atoms with E-state index in [0.29, 0.717) is 27.9 Å². The van der Waals surface area contributed by atoms with Crippen LogP contribution in [-0.4, -0.2) is 26.3 Å². The lowest BCUT2D eigenvalue weighted by Gasteiger charge is -2.08. The number of fused-ring (bicyclic) bond motifs is 1. The summed E-state index contributed by atoms with van der Waals surface area (Å²) in [5, 5.41) is 14.5. The third-order valence-corrected chi connectivity index (χ3v) is 4.52. The van der Waals surface area contributed by atoms with Crippen molar-refractivity contribution in [3.05, 3.63) is 89.1 Å². The summed E-state index contributed by atoms with van der Waals surface area (Å²) >= 11 is 0. The number of benzene rings is 2. The zero-order chi connectivity index (χ0) is 20.4. The van der Waals surface area contributed by atoms with Crippen LogP contribution < -0.4 is 0 Å². The van der Waals surface area contributed by atoms with E-state index in [1.165, 1.54) is 19.1 Å². The normalized spacial score (nSPS) is 11.6. The molecule has 0 fully saturated rings. The molecule has 4 aromatic rings. The molecule has 0 spiro atoms. The molecule has 4 rings (SSSR count). The monoisotopic (exact) mass is 384 g/mol. The Morgan fingerprint density at radius 2 is 1.83 bits per heavy atom. The molecule has 7 heteroatoms. The van der Waals surface area contributed by atoms with Gasteiger partial charge in [0.05, 0.1) is 28.7 Å². The highest BCUT2D eigenvalue weighted by molar-refractivity contribution is 6.23. The first-order valence-corrected chi connectivity index (χ1v) is 8.86. The molecule has 2 aromatic heterocycles. The van der Waals surface area contributed by atoms with E-state index in [1.807, 2.05) is 30.3 Å². The molecule has 0 saturated heterocycles. The van der Waals surface area contributed by atoms with Crippen molar-refractivity contribution in [1.29, 1.82) is 0 Å². The average molecular weight is 384 g/mol. The smallest absolute Gasteiger partial charge is 0.230 e. The van der Waals surface area contributed by atoms with Crippen molar-refractivity contribution < 1.29 is 9.90 Å². The first kappa shape index (κ1) is 18.2. The largest absolute Gasteiger partial charge is 0.494 e. The van der Waals surface area contributed by atoms with Gasteiger partial charge in [-0.05, 0) is 35.5 Å². The zero-order valence-corrected chi connectivity index (χ0v) is 15.5. The number of carbonyl (C=O) groups excluding carboxylic acids is 1. The Balaban J connectivity index is 2.08. The van der Waals surface area contributed by atoms with Gasteiger partial charge in [0.15, 0.2) is 0 Å². The molecule has 0 radical (unpaired) electrons. The first-order valence-electron chi connectivity index (χ1n) is 8.86. The van der Waals surface area contributed by atoms with Crippen molar-refractivity contribution in [2.75, 3.05) is 0 Å². The highest BCUT2D eigenvalue weighted by atomic mass is 16.3. The molecule has 29 heavy (non-hydrogen) atoms. The Bertz CT molecular complexity index is 1250. The molecule has 2 heterocycles. The van der Waals surface area contributed by atoms with Crippen LogP contribution in [0.15, 0.2) is 83.2 Å². The number of rotatable bonds is 4. The topological polar surface area (TPSA) is 96.9 Å². The van der Waals surface area contributed by atoms with Crippen LogP contribution in [0.25, 0.3) is 10.9 Å². The van der Waals surface area contributed by atoms with Crippen LogP contribution in [0, 0.1) is 4.91 Å². The third-order valence-electron chi connectivity index (χ3n) is 4.52. The van der Waals surface area contributed by atoms with Crippen molar-refractivity contribution in [2.24, 2.45) is 10.2 Å². The SMILES string of the molecule is CC(=O)n1c(O)c(C(=Nc2cccnc2)c2ccccc2)c2ccc(N=O)cc21. The molecule has 2 aromatic carbocycles. The summed E-state index contributed by atoms with van der Waals surface area (Å²) in [4.78, 5) is 32.0. The van der Waals surface area contributed by atoms with E-state index in [1.54, 1.807) is 30.6 Å². The Kier molecular flexibility index (Phi) is 4.70. The molecule has 0 aliphatic heterocycles. The highest BCUT2D eigenvalue weighted by Gasteiger charge is 2.24. The number of aromatic hydroxyl groups is 1. The summed E-state index contributed by atoms with van der Waals surface area (Å²) in [7, 11) is 0. The molecule has 1 N–H and O–H groups in total. The standard InChI is InChI=1S/C22H16N4O3/c1-14(27)26-19-12-16(25-29)9-10-18(19)20(22(26)28)21(15-6-3-2-4-7-15)24-17-8-5-11-23-13-17/h2-13,28H,1H3. The van der Waals surface area contributed by atoms with Crippen molar-refractivity contribution in [2.45, 2.75) is 6.92 Å². The number of aliphatic imine (C=N–C) groups is 1. The fraction of sp³-hybridized carbons (Fsp3) is 0.0455. The molecule has 142 valence electrons. The van der Waals surface area contributed by atoms with Gasteiger partial charge in [0.1, 0.15) is 5.69 Å². The fourth-order valence-electron chi connectivity index (χ4n) is 3.28. The third kappa shape index (κ3) is 3.29. The quantitative estimate of drug-likeness (QED) is 0.397. The lowest BCUT2D eigenvalue weighted by Crippen LogP contribution is -2.06. The summed E-state index contributed by atoms with van der Waals surface area (Å²) < 4.78 is 1.15. The van der Waals surface area contributed by atoms with Crippen LogP contribution in [-0.2, 0) is 0 Å². The van der Waals surface area contributed by atoms with Crippen molar-refractivity contribution in [3.63, 3.8) is 0 Å². The predicted molar refractivity (Wildman–Crippen MR) is 111 cm³/mol. The molecular formula is C22H16N4O3. The van der Waals surface area contributed by atoms with Crippen LogP contribution in [0.5, 0.6) is 5.88 Å². The number of aromatic nitrogens is 2. The van der Waals surface area contributed by atoms with Gasteiger partial charge in [-0.15, -0.1) is 4.91 Å². The number of nitrogens with zero attached hydrogens (tertiary/aromatic N) is 4. The summed E-state index contributed by atoms with van der Waals surface area (Å²) in [5.74, 6) is -0.641. The Morgan fingerprint density at radius 3 is 2.48 bits per heavy atom. The van der Waals surface area contributed by atoms with Gasteiger partial charge in [-0.2, -0.15) is 0 Å². The van der Waals surface area contributed by atoms with Crippen molar-refractivity contribution in [3.8, 4) is 5.88 Å². The second-order valence-corrected chi connectivity index (χ2v) is 6.38. The van der Waals surface area contributed by atoms with E-state index >= 15 is 0 Å². The molecule has 7 nitrogen and oxygen atoms in total. The Morgan fingerprint density at radius 1 is 1.03 bits per heavy atom. The minimum absolute atomic E-state index is 0.162. The van der Waals surface area contributed by atoms with Gasteiger partial charge in [-0.25, -0.2) is 4.99 Å². The summed E-state index contributed by atoms with van der Waals surface area (Å²) in [6.07, 6.45) is 3.26. The molecule has 0 amide bonds. The fourth-order valence-corrected chi connectivity index (χ4v) is 3.28.